The molecule has 1 atom stereocenters. The number of aromatic nitrogens is 3. The summed E-state index contributed by atoms with van der Waals surface area (Å²) in [5.41, 5.74) is 2.91. The van der Waals surface area contributed by atoms with E-state index in [1.807, 2.05) is 35.7 Å². The molecular formula is C25H23F3N6O2S. The first-order valence-corrected chi connectivity index (χ1v) is 12.6. The largest absolute Gasteiger partial charge is 0.435 e. The number of thiazole rings is 1. The number of carbonyl (C=O) groups excluding carboxylic acids is 1. The minimum Gasteiger partial charge on any atom is -0.341 e. The molecule has 37 heavy (non-hydrogen) atoms. The average Bonchev–Trinajstić information content (AvgIpc) is 3.64. The molecule has 3 aromatic rings. The second kappa shape index (κ2) is 9.64. The molecule has 0 unspecified atom stereocenters. The number of rotatable bonds is 5. The number of hydroxylamine groups is 1. The van der Waals surface area contributed by atoms with Crippen molar-refractivity contribution >= 4 is 22.9 Å². The van der Waals surface area contributed by atoms with Crippen LogP contribution in [0.1, 0.15) is 46.4 Å². The lowest BCUT2D eigenvalue weighted by atomic mass is 9.94. The van der Waals surface area contributed by atoms with Gasteiger partial charge in [-0.2, -0.15) is 23.5 Å². The number of alkyl halides is 3. The lowest BCUT2D eigenvalue weighted by molar-refractivity contribution is -0.142. The number of amides is 1. The van der Waals surface area contributed by atoms with Crippen molar-refractivity contribution in [3.8, 4) is 6.07 Å². The third-order valence-corrected chi connectivity index (χ3v) is 7.60. The van der Waals surface area contributed by atoms with Crippen molar-refractivity contribution in [1.82, 2.24) is 25.1 Å². The summed E-state index contributed by atoms with van der Waals surface area (Å²) in [5.74, 6) is -0.103. The van der Waals surface area contributed by atoms with E-state index in [2.05, 4.69) is 16.6 Å². The molecule has 0 saturated carbocycles. The SMILES string of the molecule is Cc1cc(C(F)(F)F)nn1CC(=O)N1CCC(c2nc(C3=C[C@](C#N)(c4ccccc4)ON3)cs2)CC1. The highest BCUT2D eigenvalue weighted by Gasteiger charge is 2.38. The molecule has 1 amide bonds. The van der Waals surface area contributed by atoms with Gasteiger partial charge in [-0.1, -0.05) is 30.3 Å². The smallest absolute Gasteiger partial charge is 0.341 e. The van der Waals surface area contributed by atoms with Crippen LogP contribution in [-0.4, -0.2) is 38.7 Å². The molecule has 5 rings (SSSR count). The van der Waals surface area contributed by atoms with Crippen molar-refractivity contribution in [2.75, 3.05) is 13.1 Å². The molecule has 4 heterocycles. The Bertz CT molecular complexity index is 1370. The van der Waals surface area contributed by atoms with Crippen molar-refractivity contribution in [1.29, 1.82) is 5.26 Å². The van der Waals surface area contributed by atoms with Crippen LogP contribution in [-0.2, 0) is 28.0 Å². The molecule has 12 heteroatoms. The number of benzene rings is 1. The van der Waals surface area contributed by atoms with E-state index in [0.717, 1.165) is 15.8 Å². The van der Waals surface area contributed by atoms with E-state index in [1.165, 1.54) is 18.3 Å². The topological polar surface area (TPSA) is 96.1 Å². The van der Waals surface area contributed by atoms with Gasteiger partial charge in [-0.15, -0.1) is 11.3 Å². The molecule has 0 radical (unpaired) electrons. The van der Waals surface area contributed by atoms with Crippen molar-refractivity contribution < 1.29 is 22.8 Å². The highest BCUT2D eigenvalue weighted by Crippen LogP contribution is 2.37. The Balaban J connectivity index is 1.21. The summed E-state index contributed by atoms with van der Waals surface area (Å²) in [6.45, 7) is 2.25. The minimum absolute atomic E-state index is 0.156. The van der Waals surface area contributed by atoms with Crippen LogP contribution in [0.3, 0.4) is 0 Å². The van der Waals surface area contributed by atoms with Gasteiger partial charge in [-0.25, -0.2) is 9.82 Å². The molecule has 2 aromatic heterocycles. The first-order chi connectivity index (χ1) is 17.7. The number of aryl methyl sites for hydroxylation is 1. The van der Waals surface area contributed by atoms with E-state index in [9.17, 15) is 23.2 Å². The number of piperidine rings is 1. The first kappa shape index (κ1) is 25.0. The van der Waals surface area contributed by atoms with Crippen molar-refractivity contribution in [3.05, 3.63) is 75.5 Å². The Kier molecular flexibility index (Phi) is 6.51. The molecule has 1 N–H and O–H groups in total. The third kappa shape index (κ3) is 4.97. The Morgan fingerprint density at radius 1 is 1.30 bits per heavy atom. The fourth-order valence-corrected chi connectivity index (χ4v) is 5.47. The summed E-state index contributed by atoms with van der Waals surface area (Å²) in [5, 5.41) is 16.2. The molecule has 1 saturated heterocycles. The minimum atomic E-state index is -4.54. The van der Waals surface area contributed by atoms with E-state index in [1.54, 1.807) is 11.0 Å². The van der Waals surface area contributed by atoms with E-state index in [-0.39, 0.29) is 24.1 Å². The summed E-state index contributed by atoms with van der Waals surface area (Å²) in [6.07, 6.45) is -1.43. The van der Waals surface area contributed by atoms with Crippen LogP contribution in [0.2, 0.25) is 0 Å². The zero-order valence-corrected chi connectivity index (χ0v) is 20.6. The van der Waals surface area contributed by atoms with Crippen LogP contribution in [0, 0.1) is 18.3 Å². The van der Waals surface area contributed by atoms with E-state index in [0.29, 0.717) is 42.9 Å². The average molecular weight is 529 g/mol. The maximum Gasteiger partial charge on any atom is 0.435 e. The van der Waals surface area contributed by atoms with Gasteiger partial charge in [0.05, 0.1) is 16.4 Å². The summed E-state index contributed by atoms with van der Waals surface area (Å²) in [4.78, 5) is 24.8. The Labute approximate surface area is 214 Å². The van der Waals surface area contributed by atoms with Crippen LogP contribution in [0.4, 0.5) is 13.2 Å². The standard InChI is InChI=1S/C25H23F3N6O2S/c1-16-11-21(25(26,27)28)31-34(16)13-22(35)33-9-7-17(8-10-33)23-30-20(14-37-23)19-12-24(15-29,36-32-19)18-5-3-2-4-6-18/h2-6,11-12,14,17,32H,7-10,13H2,1H3/t24-/m0/s1. The molecular weight excluding hydrogens is 505 g/mol. The van der Waals surface area contributed by atoms with Crippen molar-refractivity contribution in [2.24, 2.45) is 0 Å². The number of halogens is 3. The summed E-state index contributed by atoms with van der Waals surface area (Å²) in [6, 6.07) is 12.4. The summed E-state index contributed by atoms with van der Waals surface area (Å²) < 4.78 is 39.8. The molecule has 1 fully saturated rings. The van der Waals surface area contributed by atoms with Crippen LogP contribution in [0.15, 0.2) is 47.9 Å². The number of hydrogen-bond acceptors (Lipinski definition) is 7. The van der Waals surface area contributed by atoms with E-state index < -0.39 is 17.5 Å². The summed E-state index contributed by atoms with van der Waals surface area (Å²) in [7, 11) is 0. The molecule has 0 aliphatic carbocycles. The maximum atomic E-state index is 12.9. The molecule has 0 spiro atoms. The second-order valence-corrected chi connectivity index (χ2v) is 9.92. The van der Waals surface area contributed by atoms with Gasteiger partial charge in [0.2, 0.25) is 11.5 Å². The van der Waals surface area contributed by atoms with Gasteiger partial charge in [-0.3, -0.25) is 15.0 Å². The zero-order chi connectivity index (χ0) is 26.2. The normalized spacial score (nSPS) is 20.4. The van der Waals surface area contributed by atoms with Crippen LogP contribution < -0.4 is 5.48 Å². The highest BCUT2D eigenvalue weighted by atomic mass is 32.1. The van der Waals surface area contributed by atoms with Crippen LogP contribution in [0.25, 0.3) is 5.70 Å². The molecule has 2 aliphatic heterocycles. The molecule has 0 bridgehead atoms. The van der Waals surface area contributed by atoms with Gasteiger partial charge in [0, 0.05) is 35.6 Å². The molecule has 1 aromatic carbocycles. The summed E-state index contributed by atoms with van der Waals surface area (Å²) >= 11 is 1.51. The lowest BCUT2D eigenvalue weighted by Gasteiger charge is -2.31. The fraction of sp³-hybridized carbons (Fsp3) is 0.360. The van der Waals surface area contributed by atoms with Gasteiger partial charge in [0.15, 0.2) is 5.69 Å². The number of nitrogens with zero attached hydrogens (tertiary/aromatic N) is 5. The Hall–Kier alpha value is -3.69. The third-order valence-electron chi connectivity index (χ3n) is 6.59. The number of hydrogen-bond donors (Lipinski definition) is 1. The van der Waals surface area contributed by atoms with Gasteiger partial charge < -0.3 is 4.90 Å². The zero-order valence-electron chi connectivity index (χ0n) is 19.8. The van der Waals surface area contributed by atoms with Gasteiger partial charge in [0.25, 0.3) is 0 Å². The highest BCUT2D eigenvalue weighted by molar-refractivity contribution is 7.09. The van der Waals surface area contributed by atoms with E-state index >= 15 is 0 Å². The predicted octanol–water partition coefficient (Wildman–Crippen LogP) is 4.37. The molecule has 192 valence electrons. The van der Waals surface area contributed by atoms with Crippen molar-refractivity contribution in [3.63, 3.8) is 0 Å². The second-order valence-electron chi connectivity index (χ2n) is 9.03. The van der Waals surface area contributed by atoms with Crippen LogP contribution >= 0.6 is 11.3 Å². The Morgan fingerprint density at radius 2 is 2.03 bits per heavy atom. The van der Waals surface area contributed by atoms with Gasteiger partial charge in [-0.05, 0) is 31.9 Å². The Morgan fingerprint density at radius 3 is 2.68 bits per heavy atom. The predicted molar refractivity (Wildman–Crippen MR) is 129 cm³/mol. The first-order valence-electron chi connectivity index (χ1n) is 11.7. The number of nitrogens with one attached hydrogen (secondary N) is 1. The quantitative estimate of drug-likeness (QED) is 0.529. The monoisotopic (exact) mass is 528 g/mol. The molecule has 8 nitrogen and oxygen atoms in total. The number of likely N-dealkylation sites (tertiary alicyclic amines) is 1. The lowest BCUT2D eigenvalue weighted by Crippen LogP contribution is -2.40. The fourth-order valence-electron chi connectivity index (χ4n) is 4.48. The van der Waals surface area contributed by atoms with Crippen LogP contribution in [0.5, 0.6) is 0 Å². The molecule has 2 aliphatic rings. The van der Waals surface area contributed by atoms with Gasteiger partial charge in [0.1, 0.15) is 12.6 Å². The van der Waals surface area contributed by atoms with Crippen molar-refractivity contribution in [2.45, 2.75) is 44.0 Å². The number of nitriles is 1. The number of carbonyl (C=O) groups is 1. The maximum absolute atomic E-state index is 12.9. The van der Waals surface area contributed by atoms with Gasteiger partial charge >= 0.3 is 6.18 Å². The van der Waals surface area contributed by atoms with E-state index in [4.69, 9.17) is 9.82 Å².